The molecule has 0 radical (unpaired) electrons. The smallest absolute Gasteiger partial charge is 0.393 e. The third-order valence-electron chi connectivity index (χ3n) is 5.41. The number of likely N-dealkylation sites (tertiary alicyclic amines) is 1. The Morgan fingerprint density at radius 2 is 1.82 bits per heavy atom. The first-order valence-corrected chi connectivity index (χ1v) is 11.8. The number of urea groups is 1. The molecule has 0 unspecified atom stereocenters. The van der Waals surface area contributed by atoms with Crippen LogP contribution in [0, 0.1) is 0 Å². The first-order valence-electron chi connectivity index (χ1n) is 9.89. The zero-order valence-electron chi connectivity index (χ0n) is 17.4. The van der Waals surface area contributed by atoms with Crippen molar-refractivity contribution >= 4 is 33.2 Å². The molecule has 0 saturated carbocycles. The van der Waals surface area contributed by atoms with Gasteiger partial charge in [0, 0.05) is 43.4 Å². The highest BCUT2D eigenvalue weighted by Crippen LogP contribution is 2.40. The Labute approximate surface area is 197 Å². The van der Waals surface area contributed by atoms with Crippen LogP contribution in [0.4, 0.5) is 28.0 Å². The number of benzene rings is 1. The predicted octanol–water partition coefficient (Wildman–Crippen LogP) is 3.55. The molecule has 1 aliphatic rings. The number of piperidine rings is 1. The molecular weight excluding hydrogens is 506 g/mol. The molecule has 14 heteroatoms. The maximum atomic E-state index is 15.5. The molecule has 34 heavy (non-hydrogen) atoms. The van der Waals surface area contributed by atoms with E-state index in [0.29, 0.717) is 0 Å². The number of pyridine rings is 1. The van der Waals surface area contributed by atoms with Crippen LogP contribution in [0.3, 0.4) is 0 Å². The summed E-state index contributed by atoms with van der Waals surface area (Å²) in [5.41, 5.74) is -7.15. The summed E-state index contributed by atoms with van der Waals surface area (Å²) in [5.74, 6) is 0. The van der Waals surface area contributed by atoms with Gasteiger partial charge in [-0.1, -0.05) is 11.6 Å². The van der Waals surface area contributed by atoms with Crippen LogP contribution in [0.1, 0.15) is 30.2 Å². The topological polar surface area (TPSA) is 120 Å². The first kappa shape index (κ1) is 26.1. The van der Waals surface area contributed by atoms with E-state index in [4.69, 9.17) is 16.7 Å². The number of aliphatic hydroxyl groups excluding tert-OH is 2. The number of amides is 2. The van der Waals surface area contributed by atoms with E-state index in [0.717, 1.165) is 24.3 Å². The van der Waals surface area contributed by atoms with Crippen molar-refractivity contribution in [2.45, 2.75) is 35.0 Å². The lowest BCUT2D eigenvalue weighted by molar-refractivity contribution is -0.0436. The number of nitrogens with zero attached hydrogens (tertiary/aromatic N) is 2. The average Bonchev–Trinajstić information content (AvgIpc) is 2.78. The van der Waals surface area contributed by atoms with Gasteiger partial charge < -0.3 is 20.4 Å². The SMILES string of the molecule is O=C(Nc1ccc(S(=O)(=O)C(F)(F)F)cc1)N1CCC(F)(c2ncc([C@@H](O)CO)cc2Cl)CC1. The number of sulfone groups is 1. The van der Waals surface area contributed by atoms with Crippen LogP contribution < -0.4 is 5.32 Å². The second-order valence-electron chi connectivity index (χ2n) is 7.65. The van der Waals surface area contributed by atoms with Crippen molar-refractivity contribution in [2.24, 2.45) is 0 Å². The van der Waals surface area contributed by atoms with Crippen LogP contribution in [0.15, 0.2) is 41.4 Å². The summed E-state index contributed by atoms with van der Waals surface area (Å²) in [6, 6.07) is 4.17. The summed E-state index contributed by atoms with van der Waals surface area (Å²) in [4.78, 5) is 16.8. The van der Waals surface area contributed by atoms with Crippen molar-refractivity contribution in [3.63, 3.8) is 0 Å². The largest absolute Gasteiger partial charge is 0.501 e. The molecule has 1 aliphatic heterocycles. The van der Waals surface area contributed by atoms with E-state index in [9.17, 15) is 31.5 Å². The van der Waals surface area contributed by atoms with Gasteiger partial charge in [0.05, 0.1) is 22.2 Å². The molecule has 2 amide bonds. The molecule has 1 aromatic carbocycles. The monoisotopic (exact) mass is 525 g/mol. The fraction of sp³-hybridized carbons (Fsp3) is 0.400. The summed E-state index contributed by atoms with van der Waals surface area (Å²) < 4.78 is 76.2. The Morgan fingerprint density at radius 1 is 1.24 bits per heavy atom. The molecule has 8 nitrogen and oxygen atoms in total. The van der Waals surface area contributed by atoms with Crippen LogP contribution in [0.25, 0.3) is 0 Å². The molecule has 0 aliphatic carbocycles. The Hall–Kier alpha value is -2.48. The molecule has 1 fully saturated rings. The first-order chi connectivity index (χ1) is 15.8. The van der Waals surface area contributed by atoms with Crippen molar-refractivity contribution in [1.82, 2.24) is 9.88 Å². The van der Waals surface area contributed by atoms with Gasteiger partial charge in [-0.15, -0.1) is 0 Å². The zero-order chi connectivity index (χ0) is 25.3. The summed E-state index contributed by atoms with van der Waals surface area (Å²) in [5, 5.41) is 21.1. The molecule has 1 aromatic heterocycles. The van der Waals surface area contributed by atoms with Crippen LogP contribution in [0.2, 0.25) is 5.02 Å². The summed E-state index contributed by atoms with van der Waals surface area (Å²) in [6.45, 7) is -0.604. The second-order valence-corrected chi connectivity index (χ2v) is 10.0. The normalized spacial score (nSPS) is 17.3. The number of hydrogen-bond donors (Lipinski definition) is 3. The minimum atomic E-state index is -5.50. The molecule has 1 saturated heterocycles. The number of hydrogen-bond acceptors (Lipinski definition) is 6. The Morgan fingerprint density at radius 3 is 2.32 bits per heavy atom. The second kappa shape index (κ2) is 9.64. The molecule has 0 spiro atoms. The van der Waals surface area contributed by atoms with Gasteiger partial charge in [0.15, 0.2) is 5.67 Å². The lowest BCUT2D eigenvalue weighted by Crippen LogP contribution is -2.45. The van der Waals surface area contributed by atoms with E-state index in [1.165, 1.54) is 17.2 Å². The van der Waals surface area contributed by atoms with Gasteiger partial charge in [0.25, 0.3) is 9.84 Å². The molecule has 3 rings (SSSR count). The summed E-state index contributed by atoms with van der Waals surface area (Å²) in [6.07, 6.45) is -0.274. The lowest BCUT2D eigenvalue weighted by Gasteiger charge is -2.36. The van der Waals surface area contributed by atoms with Gasteiger partial charge in [-0.05, 0) is 30.3 Å². The third kappa shape index (κ3) is 5.27. The number of nitrogens with one attached hydrogen (secondary N) is 1. The van der Waals surface area contributed by atoms with Crippen molar-refractivity contribution < 1.29 is 41.0 Å². The number of rotatable bonds is 5. The highest BCUT2D eigenvalue weighted by molar-refractivity contribution is 7.92. The van der Waals surface area contributed by atoms with Crippen LogP contribution in [-0.2, 0) is 15.5 Å². The number of carbonyl (C=O) groups is 1. The highest BCUT2D eigenvalue weighted by atomic mass is 35.5. The van der Waals surface area contributed by atoms with Gasteiger partial charge in [0.2, 0.25) is 0 Å². The van der Waals surface area contributed by atoms with Gasteiger partial charge in [0.1, 0.15) is 6.10 Å². The molecular formula is C20H20ClF4N3O5S. The molecule has 186 valence electrons. The number of aliphatic hydroxyl groups is 2. The van der Waals surface area contributed by atoms with Crippen molar-refractivity contribution in [1.29, 1.82) is 0 Å². The number of carbonyl (C=O) groups excluding carboxylic acids is 1. The summed E-state index contributed by atoms with van der Waals surface area (Å²) in [7, 11) is -5.50. The Kier molecular flexibility index (Phi) is 7.41. The van der Waals surface area contributed by atoms with E-state index in [-0.39, 0.29) is 47.9 Å². The minimum Gasteiger partial charge on any atom is -0.393 e. The molecule has 2 heterocycles. The van der Waals surface area contributed by atoms with Crippen LogP contribution in [-0.4, -0.2) is 59.8 Å². The molecule has 0 bridgehead atoms. The maximum Gasteiger partial charge on any atom is 0.501 e. The number of halogens is 5. The summed E-state index contributed by atoms with van der Waals surface area (Å²) >= 11 is 6.13. The average molecular weight is 526 g/mol. The van der Waals surface area contributed by atoms with Crippen LogP contribution >= 0.6 is 11.6 Å². The Balaban J connectivity index is 1.64. The van der Waals surface area contributed by atoms with E-state index in [1.807, 2.05) is 0 Å². The lowest BCUT2D eigenvalue weighted by atomic mass is 9.89. The third-order valence-corrected chi connectivity index (χ3v) is 7.20. The van der Waals surface area contributed by atoms with Gasteiger partial charge in [-0.25, -0.2) is 17.6 Å². The predicted molar refractivity (Wildman–Crippen MR) is 114 cm³/mol. The van der Waals surface area contributed by atoms with Crippen LogP contribution in [0.5, 0.6) is 0 Å². The number of anilines is 1. The number of alkyl halides is 4. The molecule has 1 atom stereocenters. The standard InChI is InChI=1S/C20H20ClF4N3O5S/c21-15-9-12(16(30)11-29)10-26-17(15)19(22)5-7-28(8-6-19)18(31)27-13-1-3-14(4-2-13)34(32,33)20(23,24)25/h1-4,9-10,16,29-30H,5-8,11H2,(H,27,31)/t16-/m0/s1. The van der Waals surface area contributed by atoms with Crippen molar-refractivity contribution in [2.75, 3.05) is 25.0 Å². The van der Waals surface area contributed by atoms with Crippen molar-refractivity contribution in [3.8, 4) is 0 Å². The minimum absolute atomic E-state index is 0.0259. The van der Waals surface area contributed by atoms with Gasteiger partial charge >= 0.3 is 11.5 Å². The van der Waals surface area contributed by atoms with E-state index in [1.54, 1.807) is 0 Å². The Bertz CT molecular complexity index is 1150. The quantitative estimate of drug-likeness (QED) is 0.514. The van der Waals surface area contributed by atoms with Gasteiger partial charge in [-0.2, -0.15) is 13.2 Å². The van der Waals surface area contributed by atoms with Gasteiger partial charge in [-0.3, -0.25) is 4.98 Å². The molecule has 3 N–H and O–H groups in total. The molecule has 2 aromatic rings. The fourth-order valence-electron chi connectivity index (χ4n) is 3.42. The zero-order valence-corrected chi connectivity index (χ0v) is 19.0. The number of aromatic nitrogens is 1. The highest BCUT2D eigenvalue weighted by Gasteiger charge is 2.46. The van der Waals surface area contributed by atoms with E-state index in [2.05, 4.69) is 10.3 Å². The maximum absolute atomic E-state index is 15.5. The van der Waals surface area contributed by atoms with Crippen molar-refractivity contribution in [3.05, 3.63) is 52.8 Å². The van der Waals surface area contributed by atoms with E-state index < -0.39 is 44.7 Å². The fourth-order valence-corrected chi connectivity index (χ4v) is 4.53. The van der Waals surface area contributed by atoms with E-state index >= 15 is 4.39 Å².